The van der Waals surface area contributed by atoms with Crippen LogP contribution >= 0.6 is 11.3 Å². The van der Waals surface area contributed by atoms with E-state index in [0.717, 1.165) is 0 Å². The van der Waals surface area contributed by atoms with Crippen LogP contribution in [0.5, 0.6) is 0 Å². The largest absolute Gasteiger partial charge is 0.143 e. The normalized spacial score (nSPS) is 10.9. The van der Waals surface area contributed by atoms with Crippen molar-refractivity contribution in [2.24, 2.45) is 0 Å². The highest BCUT2D eigenvalue weighted by molar-refractivity contribution is 7.17. The number of hydrogen-bond acceptors (Lipinski definition) is 1. The molecule has 0 bridgehead atoms. The number of thiophene rings is 1. The zero-order valence-corrected chi connectivity index (χ0v) is 10.8. The van der Waals surface area contributed by atoms with Gasteiger partial charge in [0.2, 0.25) is 0 Å². The summed E-state index contributed by atoms with van der Waals surface area (Å²) in [6.45, 7) is 4.27. The minimum absolute atomic E-state index is 1.31. The van der Waals surface area contributed by atoms with Crippen molar-refractivity contribution in [3.05, 3.63) is 59.0 Å². The average Bonchev–Trinajstić information content (AvgIpc) is 2.73. The molecule has 1 aromatic heterocycles. The molecule has 0 spiro atoms. The molecule has 3 aromatic rings. The molecule has 0 N–H and O–H groups in total. The van der Waals surface area contributed by atoms with Crippen LogP contribution in [0.15, 0.2) is 47.8 Å². The number of benzene rings is 2. The summed E-state index contributed by atoms with van der Waals surface area (Å²) in [6, 6.07) is 15.4. The van der Waals surface area contributed by atoms with Crippen LogP contribution in [-0.4, -0.2) is 0 Å². The summed E-state index contributed by atoms with van der Waals surface area (Å²) in [7, 11) is 0. The molecule has 17 heavy (non-hydrogen) atoms. The summed E-state index contributed by atoms with van der Waals surface area (Å²) in [5.74, 6) is 0. The minimum Gasteiger partial charge on any atom is -0.143 e. The summed E-state index contributed by atoms with van der Waals surface area (Å²) in [5.41, 5.74) is 5.30. The Morgan fingerprint density at radius 2 is 1.53 bits per heavy atom. The highest BCUT2D eigenvalue weighted by Gasteiger charge is 2.05. The molecular weight excluding hydrogens is 224 g/mol. The molecule has 0 amide bonds. The minimum atomic E-state index is 1.31. The Balaban J connectivity index is 2.21. The van der Waals surface area contributed by atoms with Crippen molar-refractivity contribution in [3.8, 4) is 11.1 Å². The van der Waals surface area contributed by atoms with E-state index in [4.69, 9.17) is 0 Å². The molecule has 0 fully saturated rings. The monoisotopic (exact) mass is 238 g/mol. The lowest BCUT2D eigenvalue weighted by Gasteiger charge is -2.01. The summed E-state index contributed by atoms with van der Waals surface area (Å²) in [4.78, 5) is 0. The van der Waals surface area contributed by atoms with Crippen molar-refractivity contribution in [1.29, 1.82) is 0 Å². The van der Waals surface area contributed by atoms with Crippen LogP contribution in [0.3, 0.4) is 0 Å². The van der Waals surface area contributed by atoms with Crippen LogP contribution in [-0.2, 0) is 0 Å². The molecule has 84 valence electrons. The maximum atomic E-state index is 2.26. The fraction of sp³-hybridized carbons (Fsp3) is 0.125. The van der Waals surface area contributed by atoms with E-state index in [1.54, 1.807) is 0 Å². The van der Waals surface area contributed by atoms with E-state index in [1.165, 1.54) is 32.3 Å². The van der Waals surface area contributed by atoms with E-state index >= 15 is 0 Å². The second-order valence-electron chi connectivity index (χ2n) is 4.52. The number of hydrogen-bond donors (Lipinski definition) is 0. The van der Waals surface area contributed by atoms with Gasteiger partial charge in [-0.1, -0.05) is 42.0 Å². The van der Waals surface area contributed by atoms with Gasteiger partial charge in [-0.25, -0.2) is 0 Å². The second kappa shape index (κ2) is 4.01. The van der Waals surface area contributed by atoms with Crippen molar-refractivity contribution in [2.75, 3.05) is 0 Å². The highest BCUT2D eigenvalue weighted by Crippen LogP contribution is 2.34. The van der Waals surface area contributed by atoms with Crippen molar-refractivity contribution >= 4 is 21.4 Å². The third-order valence-electron chi connectivity index (χ3n) is 3.09. The summed E-state index contributed by atoms with van der Waals surface area (Å²) in [5, 5.41) is 3.62. The molecule has 3 rings (SSSR count). The molecule has 0 unspecified atom stereocenters. The van der Waals surface area contributed by atoms with Gasteiger partial charge >= 0.3 is 0 Å². The Morgan fingerprint density at radius 3 is 2.29 bits per heavy atom. The molecular formula is C16H14S. The van der Waals surface area contributed by atoms with Crippen LogP contribution < -0.4 is 0 Å². The molecule has 1 heterocycles. The van der Waals surface area contributed by atoms with Crippen molar-refractivity contribution in [3.63, 3.8) is 0 Å². The molecule has 1 heteroatoms. The lowest BCUT2D eigenvalue weighted by molar-refractivity contribution is 1.47. The first-order chi connectivity index (χ1) is 8.24. The standard InChI is InChI=1S/C16H14S/c1-11-3-6-13(7-4-11)15-10-17-16-9-12(2)5-8-14(15)16/h3-10H,1-2H3. The topological polar surface area (TPSA) is 0 Å². The molecule has 0 saturated carbocycles. The summed E-state index contributed by atoms with van der Waals surface area (Å²) in [6.07, 6.45) is 0. The van der Waals surface area contributed by atoms with E-state index in [2.05, 4.69) is 61.7 Å². The van der Waals surface area contributed by atoms with Gasteiger partial charge in [0.1, 0.15) is 0 Å². The van der Waals surface area contributed by atoms with E-state index in [0.29, 0.717) is 0 Å². The first-order valence-corrected chi connectivity index (χ1v) is 6.67. The van der Waals surface area contributed by atoms with Crippen LogP contribution in [0.25, 0.3) is 21.2 Å². The zero-order valence-electron chi connectivity index (χ0n) is 10.0. The Hall–Kier alpha value is -1.60. The van der Waals surface area contributed by atoms with Gasteiger partial charge in [0, 0.05) is 15.6 Å². The quantitative estimate of drug-likeness (QED) is 0.547. The predicted molar refractivity (Wildman–Crippen MR) is 76.7 cm³/mol. The molecule has 0 aliphatic rings. The summed E-state index contributed by atoms with van der Waals surface area (Å²) < 4.78 is 1.38. The van der Waals surface area contributed by atoms with Gasteiger partial charge in [-0.2, -0.15) is 0 Å². The SMILES string of the molecule is Cc1ccc(-c2csc3cc(C)ccc23)cc1. The first-order valence-electron chi connectivity index (χ1n) is 5.79. The van der Waals surface area contributed by atoms with Crippen LogP contribution in [0, 0.1) is 13.8 Å². The third kappa shape index (κ3) is 1.87. The van der Waals surface area contributed by atoms with E-state index in [9.17, 15) is 0 Å². The fourth-order valence-electron chi connectivity index (χ4n) is 2.09. The van der Waals surface area contributed by atoms with E-state index in [-0.39, 0.29) is 0 Å². The molecule has 0 saturated heterocycles. The van der Waals surface area contributed by atoms with Crippen molar-refractivity contribution < 1.29 is 0 Å². The lowest BCUT2D eigenvalue weighted by atomic mass is 10.0. The zero-order chi connectivity index (χ0) is 11.8. The molecule has 0 nitrogen and oxygen atoms in total. The predicted octanol–water partition coefficient (Wildman–Crippen LogP) is 5.19. The Morgan fingerprint density at radius 1 is 0.824 bits per heavy atom. The maximum Gasteiger partial charge on any atom is 0.0351 e. The first kappa shape index (κ1) is 10.5. The van der Waals surface area contributed by atoms with Crippen molar-refractivity contribution in [1.82, 2.24) is 0 Å². The maximum absolute atomic E-state index is 2.26. The number of rotatable bonds is 1. The molecule has 0 aliphatic heterocycles. The van der Waals surface area contributed by atoms with Crippen molar-refractivity contribution in [2.45, 2.75) is 13.8 Å². The van der Waals surface area contributed by atoms with Gasteiger partial charge in [0.25, 0.3) is 0 Å². The second-order valence-corrected chi connectivity index (χ2v) is 5.43. The lowest BCUT2D eigenvalue weighted by Crippen LogP contribution is -1.77. The van der Waals surface area contributed by atoms with Gasteiger partial charge in [-0.3, -0.25) is 0 Å². The number of aryl methyl sites for hydroxylation is 2. The Labute approximate surface area is 106 Å². The molecule has 0 radical (unpaired) electrons. The smallest absolute Gasteiger partial charge is 0.0351 e. The van der Waals surface area contributed by atoms with Gasteiger partial charge in [-0.15, -0.1) is 11.3 Å². The average molecular weight is 238 g/mol. The molecule has 2 aromatic carbocycles. The van der Waals surface area contributed by atoms with E-state index < -0.39 is 0 Å². The Bertz CT molecular complexity index is 660. The number of fused-ring (bicyclic) bond motifs is 1. The van der Waals surface area contributed by atoms with Crippen LogP contribution in [0.2, 0.25) is 0 Å². The van der Waals surface area contributed by atoms with Crippen LogP contribution in [0.4, 0.5) is 0 Å². The van der Waals surface area contributed by atoms with Gasteiger partial charge < -0.3 is 0 Å². The third-order valence-corrected chi connectivity index (χ3v) is 4.04. The van der Waals surface area contributed by atoms with Crippen LogP contribution in [0.1, 0.15) is 11.1 Å². The highest BCUT2D eigenvalue weighted by atomic mass is 32.1. The van der Waals surface area contributed by atoms with Gasteiger partial charge in [0.05, 0.1) is 0 Å². The van der Waals surface area contributed by atoms with Gasteiger partial charge in [0.15, 0.2) is 0 Å². The Kier molecular flexibility index (Phi) is 2.49. The van der Waals surface area contributed by atoms with E-state index in [1.807, 2.05) is 11.3 Å². The summed E-state index contributed by atoms with van der Waals surface area (Å²) >= 11 is 1.83. The molecule has 0 atom stereocenters. The fourth-order valence-corrected chi connectivity index (χ4v) is 3.16. The molecule has 0 aliphatic carbocycles. The van der Waals surface area contributed by atoms with Gasteiger partial charge in [-0.05, 0) is 36.4 Å².